The van der Waals surface area contributed by atoms with Gasteiger partial charge in [-0.15, -0.1) is 11.4 Å². The second-order valence-electron chi connectivity index (χ2n) is 3.69. The molecule has 2 rings (SSSR count). The van der Waals surface area contributed by atoms with Crippen molar-refractivity contribution in [3.8, 4) is 0 Å². The zero-order chi connectivity index (χ0) is 15.7. The first kappa shape index (κ1) is 40.1. The molecular formula is C14H20F2N2O7Ru2. The van der Waals surface area contributed by atoms with Crippen LogP contribution in [0.5, 0.6) is 0 Å². The van der Waals surface area contributed by atoms with Crippen LogP contribution in [0, 0.1) is 11.6 Å². The molecule has 10 N–H and O–H groups in total. The van der Waals surface area contributed by atoms with Crippen molar-refractivity contribution in [1.82, 2.24) is 0 Å². The van der Waals surface area contributed by atoms with E-state index in [1.807, 2.05) is 0 Å². The number of hydrogen-bond acceptors (Lipinski definition) is 1. The summed E-state index contributed by atoms with van der Waals surface area (Å²) in [5.41, 5.74) is 1.33. The fraction of sp³-hybridized carbons (Fsp3) is 0.0714. The van der Waals surface area contributed by atoms with Gasteiger partial charge in [-0.2, -0.15) is 0 Å². The Bertz CT molecular complexity index is 529. The second-order valence-corrected chi connectivity index (χ2v) is 3.69. The summed E-state index contributed by atoms with van der Waals surface area (Å²) in [5, 5.41) is 22.2. The van der Waals surface area contributed by atoms with Crippen LogP contribution < -0.4 is 0 Å². The third-order valence-electron chi connectivity index (χ3n) is 2.16. The first-order valence-electron chi connectivity index (χ1n) is 5.75. The molecule has 158 valence electrons. The summed E-state index contributed by atoms with van der Waals surface area (Å²) in [5.74, 6) is -0.584. The van der Waals surface area contributed by atoms with E-state index in [2.05, 4.69) is 10.6 Å². The van der Waals surface area contributed by atoms with E-state index >= 15 is 0 Å². The zero-order valence-electron chi connectivity index (χ0n) is 13.5. The average molecular weight is 568 g/mol. The van der Waals surface area contributed by atoms with E-state index in [9.17, 15) is 8.78 Å². The van der Waals surface area contributed by atoms with E-state index in [1.54, 1.807) is 24.3 Å². The number of nitrogens with zero attached hydrogens (tertiary/aromatic N) is 2. The summed E-state index contributed by atoms with van der Waals surface area (Å²) in [6, 6.07) is 11.7. The van der Waals surface area contributed by atoms with Crippen molar-refractivity contribution in [2.45, 2.75) is 0 Å². The van der Waals surface area contributed by atoms with Crippen molar-refractivity contribution in [3.05, 3.63) is 70.8 Å². The van der Waals surface area contributed by atoms with Crippen LogP contribution in [-0.2, 0) is 39.0 Å². The van der Waals surface area contributed by atoms with E-state index in [0.29, 0.717) is 11.4 Å². The number of carbonyl (C=O) groups is 1. The van der Waals surface area contributed by atoms with Gasteiger partial charge in [-0.05, 0) is 24.3 Å². The fourth-order valence-electron chi connectivity index (χ4n) is 1.29. The molecule has 0 fully saturated rings. The van der Waals surface area contributed by atoms with Crippen LogP contribution in [0.15, 0.2) is 48.5 Å². The van der Waals surface area contributed by atoms with Crippen LogP contribution in [0.2, 0.25) is 0 Å². The monoisotopic (exact) mass is 570 g/mol. The van der Waals surface area contributed by atoms with Gasteiger partial charge in [-0.3, -0.25) is 0 Å². The summed E-state index contributed by atoms with van der Waals surface area (Å²) in [6.45, 7) is 0.233. The van der Waals surface area contributed by atoms with Gasteiger partial charge in [0.1, 0.15) is 11.6 Å². The molecule has 0 atom stereocenters. The molecule has 2 aromatic rings. The minimum absolute atomic E-state index is 0. The summed E-state index contributed by atoms with van der Waals surface area (Å²) >= 11 is 0. The van der Waals surface area contributed by atoms with Crippen molar-refractivity contribution in [2.75, 3.05) is 6.67 Å². The van der Waals surface area contributed by atoms with E-state index < -0.39 is 6.16 Å². The smallest absolute Gasteiger partial charge is 0.699 e. The Kier molecular flexibility index (Phi) is 33.1. The number of benzene rings is 2. The molecule has 0 aliphatic carbocycles. The van der Waals surface area contributed by atoms with Gasteiger partial charge in [0.25, 0.3) is 0 Å². The molecule has 0 saturated carbocycles. The van der Waals surface area contributed by atoms with Gasteiger partial charge in [0.2, 0.25) is 0 Å². The second kappa shape index (κ2) is 22.3. The maximum Gasteiger partial charge on any atom is 1.00 e. The quantitative estimate of drug-likeness (QED) is 0.526. The Morgan fingerprint density at radius 1 is 0.704 bits per heavy atom. The molecule has 0 spiro atoms. The molecule has 2 aromatic carbocycles. The molecule has 0 aliphatic heterocycles. The largest absolute Gasteiger partial charge is 1.00 e. The summed E-state index contributed by atoms with van der Waals surface area (Å²) < 4.78 is 25.2. The normalized spacial score (nSPS) is 7.19. The SMILES string of the molecule is Fc1ccc([N-]C[N-]c2ccc(F)cc2)cc1.O.O.O.O.O=C(O)O.[Ru+].[Ru+]. The van der Waals surface area contributed by atoms with Crippen molar-refractivity contribution >= 4 is 17.5 Å². The predicted octanol–water partition coefficient (Wildman–Crippen LogP) is 1.55. The maximum atomic E-state index is 12.6. The average Bonchev–Trinajstić information content (AvgIpc) is 2.43. The molecular weight excluding hydrogens is 548 g/mol. The molecule has 2 radical (unpaired) electrons. The molecule has 27 heavy (non-hydrogen) atoms. The van der Waals surface area contributed by atoms with E-state index in [0.717, 1.165) is 0 Å². The molecule has 0 saturated heterocycles. The molecule has 0 unspecified atom stereocenters. The van der Waals surface area contributed by atoms with Gasteiger partial charge in [0, 0.05) is 0 Å². The van der Waals surface area contributed by atoms with Crippen molar-refractivity contribution in [2.24, 2.45) is 0 Å². The molecule has 0 aliphatic rings. The van der Waals surface area contributed by atoms with Crippen LogP contribution in [0.4, 0.5) is 25.0 Å². The predicted molar refractivity (Wildman–Crippen MR) is 88.8 cm³/mol. The Morgan fingerprint density at radius 3 is 1.15 bits per heavy atom. The maximum absolute atomic E-state index is 12.6. The van der Waals surface area contributed by atoms with Crippen LogP contribution in [0.25, 0.3) is 10.6 Å². The van der Waals surface area contributed by atoms with E-state index in [4.69, 9.17) is 15.0 Å². The van der Waals surface area contributed by atoms with E-state index in [-0.39, 0.29) is 79.2 Å². The third-order valence-corrected chi connectivity index (χ3v) is 2.16. The summed E-state index contributed by atoms with van der Waals surface area (Å²) in [7, 11) is 0. The topological polar surface area (TPSA) is 212 Å². The van der Waals surface area contributed by atoms with E-state index in [1.165, 1.54) is 24.3 Å². The Hall–Kier alpha value is -1.74. The zero-order valence-corrected chi connectivity index (χ0v) is 17.0. The van der Waals surface area contributed by atoms with Crippen molar-refractivity contribution in [1.29, 1.82) is 0 Å². The Morgan fingerprint density at radius 2 is 0.926 bits per heavy atom. The fourth-order valence-corrected chi connectivity index (χ4v) is 1.29. The van der Waals surface area contributed by atoms with Crippen LogP contribution >= 0.6 is 0 Å². The molecule has 0 amide bonds. The molecule has 13 heteroatoms. The minimum Gasteiger partial charge on any atom is -0.699 e. The van der Waals surface area contributed by atoms with Crippen LogP contribution in [0.1, 0.15) is 0 Å². The Balaban J connectivity index is -0.000000101. The molecule has 0 heterocycles. The summed E-state index contributed by atoms with van der Waals surface area (Å²) in [6.07, 6.45) is -1.83. The van der Waals surface area contributed by atoms with Gasteiger partial charge in [-0.1, -0.05) is 24.3 Å². The minimum atomic E-state index is -1.83. The summed E-state index contributed by atoms with van der Waals surface area (Å²) in [4.78, 5) is 8.56. The van der Waals surface area contributed by atoms with Gasteiger partial charge in [-0.25, -0.2) is 20.2 Å². The number of halogens is 2. The first-order valence-corrected chi connectivity index (χ1v) is 5.75. The first-order chi connectivity index (χ1) is 9.97. The molecule has 0 bridgehead atoms. The van der Waals surface area contributed by atoms with Gasteiger partial charge in [0.15, 0.2) is 0 Å². The van der Waals surface area contributed by atoms with Crippen LogP contribution in [0.3, 0.4) is 0 Å². The van der Waals surface area contributed by atoms with Crippen molar-refractivity contribution in [3.63, 3.8) is 0 Å². The van der Waals surface area contributed by atoms with Gasteiger partial charge in [0.05, 0.1) is 0 Å². The van der Waals surface area contributed by atoms with Crippen molar-refractivity contribution < 1.29 is 84.6 Å². The number of hydrogen-bond donors (Lipinski definition) is 2. The number of carboxylic acid groups (broad SMARTS) is 2. The Labute approximate surface area is 179 Å². The number of rotatable bonds is 4. The van der Waals surface area contributed by atoms with Gasteiger partial charge >= 0.3 is 45.1 Å². The van der Waals surface area contributed by atoms with Gasteiger partial charge < -0.3 is 42.8 Å². The van der Waals surface area contributed by atoms with Crippen LogP contribution in [-0.4, -0.2) is 44.9 Å². The molecule has 0 aromatic heterocycles. The third kappa shape index (κ3) is 20.4. The molecule has 9 nitrogen and oxygen atoms in total. The standard InChI is InChI=1S/C13H10F2N2.CH2O3.4H2O.2Ru/c14-10-1-5-12(6-2-10)16-9-17-13-7-3-11(15)4-8-13;2-1(3)4;;;;;;/h1-8H,9H2;(H2,2,3,4);4*1H2;;/q-2;;;;;;2*+1.